The van der Waals surface area contributed by atoms with Gasteiger partial charge in [-0.25, -0.2) is 10.3 Å². The van der Waals surface area contributed by atoms with Crippen LogP contribution < -0.4 is 10.8 Å². The lowest BCUT2D eigenvalue weighted by atomic mass is 9.97. The van der Waals surface area contributed by atoms with Crippen LogP contribution in [0.15, 0.2) is 54.6 Å². The van der Waals surface area contributed by atoms with Crippen molar-refractivity contribution in [2.75, 3.05) is 6.54 Å². The molecule has 0 bridgehead atoms. The Morgan fingerprint density at radius 2 is 1.54 bits per heavy atom. The summed E-state index contributed by atoms with van der Waals surface area (Å²) in [4.78, 5) is 51.3. The molecule has 3 atom stereocenters. The molecule has 0 heterocycles. The van der Waals surface area contributed by atoms with Gasteiger partial charge < -0.3 is 15.3 Å². The van der Waals surface area contributed by atoms with Crippen molar-refractivity contribution in [3.05, 3.63) is 71.3 Å². The van der Waals surface area contributed by atoms with Crippen LogP contribution in [0.5, 0.6) is 0 Å². The van der Waals surface area contributed by atoms with Crippen molar-refractivity contribution in [3.8, 4) is 0 Å². The van der Waals surface area contributed by atoms with E-state index in [1.807, 2.05) is 44.2 Å². The predicted octanol–water partition coefficient (Wildman–Crippen LogP) is 3.06. The third-order valence-corrected chi connectivity index (χ3v) is 6.20. The summed E-state index contributed by atoms with van der Waals surface area (Å²) in [7, 11) is 0. The molecule has 4 N–H and O–H groups in total. The molecule has 0 saturated heterocycles. The monoisotopic (exact) mass is 511 g/mol. The highest BCUT2D eigenvalue weighted by Gasteiger charge is 2.28. The number of rotatable bonds is 13. The molecule has 9 nitrogen and oxygen atoms in total. The van der Waals surface area contributed by atoms with Crippen LogP contribution >= 0.6 is 0 Å². The summed E-state index contributed by atoms with van der Waals surface area (Å²) in [5.41, 5.74) is 3.41. The van der Waals surface area contributed by atoms with E-state index in [0.717, 1.165) is 5.56 Å². The second-order valence-electron chi connectivity index (χ2n) is 9.72. The summed E-state index contributed by atoms with van der Waals surface area (Å²) in [6.07, 6.45) is 1.13. The highest BCUT2D eigenvalue weighted by atomic mass is 16.5. The third-order valence-electron chi connectivity index (χ3n) is 6.20. The number of hydrogen-bond acceptors (Lipinski definition) is 5. The van der Waals surface area contributed by atoms with Gasteiger partial charge in [-0.3, -0.25) is 19.6 Å². The summed E-state index contributed by atoms with van der Waals surface area (Å²) in [5, 5.41) is 21.4. The van der Waals surface area contributed by atoms with Gasteiger partial charge in [-0.05, 0) is 48.9 Å². The minimum Gasteiger partial charge on any atom is -0.480 e. The molecule has 0 aliphatic rings. The number of carbonyl (C=O) groups is 4. The fourth-order valence-electron chi connectivity index (χ4n) is 4.16. The van der Waals surface area contributed by atoms with Gasteiger partial charge in [0.25, 0.3) is 11.8 Å². The van der Waals surface area contributed by atoms with E-state index in [0.29, 0.717) is 24.3 Å². The second-order valence-corrected chi connectivity index (χ2v) is 9.72. The highest BCUT2D eigenvalue weighted by molar-refractivity contribution is 5.97. The number of nitrogens with zero attached hydrogens (tertiary/aromatic N) is 1. The predicted molar refractivity (Wildman–Crippen MR) is 139 cm³/mol. The Morgan fingerprint density at radius 1 is 0.892 bits per heavy atom. The maximum atomic E-state index is 13.4. The Morgan fingerprint density at radius 3 is 2.14 bits per heavy atom. The van der Waals surface area contributed by atoms with Crippen LogP contribution in [0.2, 0.25) is 0 Å². The molecule has 0 aliphatic carbocycles. The zero-order chi connectivity index (χ0) is 27.5. The number of hydroxylamine groups is 1. The Bertz CT molecular complexity index is 1070. The van der Waals surface area contributed by atoms with E-state index in [1.54, 1.807) is 36.7 Å². The first-order chi connectivity index (χ1) is 17.5. The maximum Gasteiger partial charge on any atom is 0.326 e. The van der Waals surface area contributed by atoms with Crippen molar-refractivity contribution in [2.45, 2.75) is 59.0 Å². The number of hydrogen-bond donors (Lipinski definition) is 4. The van der Waals surface area contributed by atoms with E-state index in [-0.39, 0.29) is 30.4 Å². The Kier molecular flexibility index (Phi) is 11.3. The number of carboxylic acid groups (broad SMARTS) is 1. The Balaban J connectivity index is 2.22. The molecule has 9 heteroatoms. The van der Waals surface area contributed by atoms with Gasteiger partial charge in [0, 0.05) is 24.4 Å². The van der Waals surface area contributed by atoms with E-state index < -0.39 is 29.9 Å². The van der Waals surface area contributed by atoms with Crippen molar-refractivity contribution in [1.29, 1.82) is 0 Å². The maximum absolute atomic E-state index is 13.4. The largest absolute Gasteiger partial charge is 0.480 e. The van der Waals surface area contributed by atoms with Crippen molar-refractivity contribution < 1.29 is 29.5 Å². The van der Waals surface area contributed by atoms with Gasteiger partial charge in [0.1, 0.15) is 12.1 Å². The van der Waals surface area contributed by atoms with E-state index in [1.165, 1.54) is 11.8 Å². The van der Waals surface area contributed by atoms with E-state index in [2.05, 4.69) is 5.32 Å². The van der Waals surface area contributed by atoms with Crippen molar-refractivity contribution in [2.24, 2.45) is 11.8 Å². The lowest BCUT2D eigenvalue weighted by Crippen LogP contribution is -2.48. The van der Waals surface area contributed by atoms with Crippen molar-refractivity contribution in [1.82, 2.24) is 15.7 Å². The SMILES string of the molecule is CC(C)C[C@@H](C)C(=O)N[C@@H](Cc1cccc(C(=O)N(CCc2ccccc2)[C@H](C)C(=O)NO)c1)C(=O)O. The molecule has 0 aliphatic heterocycles. The Hall–Kier alpha value is -3.72. The van der Waals surface area contributed by atoms with E-state index in [4.69, 9.17) is 5.21 Å². The molecule has 2 aromatic carbocycles. The summed E-state index contributed by atoms with van der Waals surface area (Å²) in [6.45, 7) is 7.50. The summed E-state index contributed by atoms with van der Waals surface area (Å²) >= 11 is 0. The van der Waals surface area contributed by atoms with Crippen LogP contribution in [-0.4, -0.2) is 57.5 Å². The molecular formula is C28H37N3O6. The topological polar surface area (TPSA) is 136 Å². The van der Waals surface area contributed by atoms with Gasteiger partial charge >= 0.3 is 5.97 Å². The average molecular weight is 512 g/mol. The minimum absolute atomic E-state index is 0.00666. The standard InChI is InChI=1S/C28H37N3O6/c1-18(2)15-19(3)25(32)29-24(28(35)36)17-22-11-8-12-23(16-22)27(34)31(20(4)26(33)30-37)14-13-21-9-6-5-7-10-21/h5-12,16,18-20,24,37H,13-15,17H2,1-4H3,(H,29,32)(H,30,33)(H,35,36)/t19-,20-,24+/m1/s1. The van der Waals surface area contributed by atoms with Crippen LogP contribution in [0.4, 0.5) is 0 Å². The number of benzene rings is 2. The third kappa shape index (κ3) is 9.02. The summed E-state index contributed by atoms with van der Waals surface area (Å²) < 4.78 is 0. The smallest absolute Gasteiger partial charge is 0.326 e. The first-order valence-electron chi connectivity index (χ1n) is 12.4. The van der Waals surface area contributed by atoms with Gasteiger partial charge in [-0.2, -0.15) is 0 Å². The summed E-state index contributed by atoms with van der Waals surface area (Å²) in [6, 6.07) is 13.9. The fraction of sp³-hybridized carbons (Fsp3) is 0.429. The molecule has 2 aromatic rings. The molecule has 0 spiro atoms. The fourth-order valence-corrected chi connectivity index (χ4v) is 4.16. The lowest BCUT2D eigenvalue weighted by Gasteiger charge is -2.28. The molecular weight excluding hydrogens is 474 g/mol. The molecule has 37 heavy (non-hydrogen) atoms. The van der Waals surface area contributed by atoms with Gasteiger partial charge in [0.05, 0.1) is 0 Å². The molecule has 2 rings (SSSR count). The quantitative estimate of drug-likeness (QED) is 0.241. The van der Waals surface area contributed by atoms with Gasteiger partial charge in [0.15, 0.2) is 0 Å². The van der Waals surface area contributed by atoms with Crippen LogP contribution in [-0.2, 0) is 27.2 Å². The number of aliphatic carboxylic acids is 1. The minimum atomic E-state index is -1.17. The number of carboxylic acids is 1. The zero-order valence-corrected chi connectivity index (χ0v) is 21.8. The molecule has 3 amide bonds. The van der Waals surface area contributed by atoms with Crippen LogP contribution in [0, 0.1) is 11.8 Å². The van der Waals surface area contributed by atoms with Crippen molar-refractivity contribution in [3.63, 3.8) is 0 Å². The molecule has 0 radical (unpaired) electrons. The summed E-state index contributed by atoms with van der Waals surface area (Å²) in [5.74, 6) is -2.68. The molecule has 0 aromatic heterocycles. The first kappa shape index (κ1) is 29.5. The zero-order valence-electron chi connectivity index (χ0n) is 21.8. The van der Waals surface area contributed by atoms with Crippen LogP contribution in [0.3, 0.4) is 0 Å². The molecule has 0 saturated carbocycles. The van der Waals surface area contributed by atoms with E-state index in [9.17, 15) is 24.3 Å². The molecule has 0 fully saturated rings. The normalized spacial score (nSPS) is 13.4. The van der Waals surface area contributed by atoms with Crippen LogP contribution in [0.1, 0.15) is 55.6 Å². The number of amides is 3. The second kappa shape index (κ2) is 14.1. The van der Waals surface area contributed by atoms with Crippen molar-refractivity contribution >= 4 is 23.7 Å². The van der Waals surface area contributed by atoms with Gasteiger partial charge in [-0.15, -0.1) is 0 Å². The van der Waals surface area contributed by atoms with E-state index >= 15 is 0 Å². The van der Waals surface area contributed by atoms with Gasteiger partial charge in [-0.1, -0.05) is 63.2 Å². The number of carbonyl (C=O) groups excluding carboxylic acids is 3. The average Bonchev–Trinajstić information content (AvgIpc) is 2.87. The Labute approximate surface area is 217 Å². The first-order valence-corrected chi connectivity index (χ1v) is 12.4. The molecule has 0 unspecified atom stereocenters. The highest BCUT2D eigenvalue weighted by Crippen LogP contribution is 2.16. The molecule has 200 valence electrons. The van der Waals surface area contributed by atoms with Crippen LogP contribution in [0.25, 0.3) is 0 Å². The lowest BCUT2D eigenvalue weighted by molar-refractivity contribution is -0.142. The van der Waals surface area contributed by atoms with Gasteiger partial charge in [0.2, 0.25) is 5.91 Å². The number of nitrogens with one attached hydrogen (secondary N) is 2.